The van der Waals surface area contributed by atoms with Crippen LogP contribution in [0.2, 0.25) is 0 Å². The molecule has 0 amide bonds. The first-order chi connectivity index (χ1) is 17.0. The van der Waals surface area contributed by atoms with E-state index >= 15 is 0 Å². The van der Waals surface area contributed by atoms with Gasteiger partial charge in [0.25, 0.3) is 0 Å². The fraction of sp³-hybridized carbons (Fsp3) is 0.250. The summed E-state index contributed by atoms with van der Waals surface area (Å²) in [4.78, 5) is 1.46. The molecule has 0 aliphatic heterocycles. The molecule has 0 saturated carbocycles. The first kappa shape index (κ1) is 25.7. The van der Waals surface area contributed by atoms with Gasteiger partial charge in [-0.25, -0.2) is 4.21 Å². The second-order valence-electron chi connectivity index (χ2n) is 10.9. The Hall–Kier alpha value is -3.37. The van der Waals surface area contributed by atoms with Crippen LogP contribution < -0.4 is 9.47 Å². The van der Waals surface area contributed by atoms with Gasteiger partial charge in [-0.1, -0.05) is 57.2 Å². The maximum atomic E-state index is 13.0. The topological polar surface area (TPSA) is 35.5 Å². The van der Waals surface area contributed by atoms with E-state index in [1.54, 1.807) is 0 Å². The van der Waals surface area contributed by atoms with Crippen LogP contribution in [0.5, 0.6) is 17.2 Å². The largest absolute Gasteiger partial charge is 0.488 e. The third-order valence-electron chi connectivity index (χ3n) is 5.67. The van der Waals surface area contributed by atoms with Gasteiger partial charge in [0, 0.05) is 9.79 Å². The average molecular weight is 499 g/mol. The van der Waals surface area contributed by atoms with E-state index in [1.807, 2.05) is 81.4 Å². The van der Waals surface area contributed by atoms with Crippen molar-refractivity contribution in [2.75, 3.05) is 0 Å². The van der Waals surface area contributed by atoms with Crippen LogP contribution in [-0.2, 0) is 16.2 Å². The average Bonchev–Trinajstić information content (AvgIpc) is 2.84. The number of hydrogen-bond acceptors (Lipinski definition) is 3. The summed E-state index contributed by atoms with van der Waals surface area (Å²) in [6, 6.07) is 31.6. The van der Waals surface area contributed by atoms with Gasteiger partial charge < -0.3 is 9.47 Å². The van der Waals surface area contributed by atoms with Gasteiger partial charge in [0.05, 0.1) is 10.8 Å². The minimum atomic E-state index is -1.28. The molecule has 186 valence electrons. The van der Waals surface area contributed by atoms with Crippen LogP contribution in [-0.4, -0.2) is 9.81 Å². The van der Waals surface area contributed by atoms with Crippen molar-refractivity contribution < 1.29 is 13.7 Å². The highest BCUT2D eigenvalue weighted by molar-refractivity contribution is 7.85. The van der Waals surface area contributed by atoms with Crippen molar-refractivity contribution in [3.8, 4) is 28.4 Å². The van der Waals surface area contributed by atoms with E-state index in [9.17, 15) is 4.21 Å². The molecule has 0 heterocycles. The number of benzene rings is 4. The molecule has 4 heteroatoms. The lowest BCUT2D eigenvalue weighted by Crippen LogP contribution is -2.22. The molecule has 0 fully saturated rings. The first-order valence-electron chi connectivity index (χ1n) is 12.2. The zero-order valence-electron chi connectivity index (χ0n) is 21.9. The van der Waals surface area contributed by atoms with Crippen LogP contribution in [0.3, 0.4) is 0 Å². The Morgan fingerprint density at radius 1 is 0.528 bits per heavy atom. The maximum Gasteiger partial charge on any atom is 0.127 e. The van der Waals surface area contributed by atoms with Crippen LogP contribution in [0.25, 0.3) is 11.1 Å². The molecule has 0 N–H and O–H groups in total. The monoisotopic (exact) mass is 498 g/mol. The Bertz CT molecular complexity index is 1310. The summed E-state index contributed by atoms with van der Waals surface area (Å²) < 4.78 is 24.9. The zero-order valence-corrected chi connectivity index (χ0v) is 22.7. The smallest absolute Gasteiger partial charge is 0.127 e. The predicted molar refractivity (Wildman–Crippen MR) is 149 cm³/mol. The SMILES string of the molecule is CC(C)(C)Oc1ccc(S(=O)c2ccc(Oc3ccc(-c4ccc(C(C)(C)C)cc4)cc3)cc2)cc1. The van der Waals surface area contributed by atoms with Crippen LogP contribution in [0.15, 0.2) is 107 Å². The van der Waals surface area contributed by atoms with Crippen molar-refractivity contribution in [3.05, 3.63) is 103 Å². The minimum absolute atomic E-state index is 0.143. The molecule has 3 nitrogen and oxygen atoms in total. The highest BCUT2D eigenvalue weighted by Gasteiger charge is 2.14. The van der Waals surface area contributed by atoms with Crippen molar-refractivity contribution in [3.63, 3.8) is 0 Å². The molecule has 1 atom stereocenters. The molecule has 0 radical (unpaired) electrons. The molecule has 0 aliphatic carbocycles. The fourth-order valence-electron chi connectivity index (χ4n) is 3.77. The summed E-state index contributed by atoms with van der Waals surface area (Å²) in [6.07, 6.45) is 0. The highest BCUT2D eigenvalue weighted by Crippen LogP contribution is 2.29. The molecular formula is C32H34O3S. The molecule has 4 rings (SSSR count). The van der Waals surface area contributed by atoms with E-state index in [4.69, 9.17) is 9.47 Å². The molecule has 0 saturated heterocycles. The second kappa shape index (κ2) is 10.3. The molecule has 4 aromatic rings. The predicted octanol–water partition coefficient (Wildman–Crippen LogP) is 8.79. The third kappa shape index (κ3) is 6.64. The quantitative estimate of drug-likeness (QED) is 0.266. The van der Waals surface area contributed by atoms with Crippen LogP contribution >= 0.6 is 0 Å². The standard InChI is InChI=1S/C32H34O3S/c1-31(2,3)25-11-7-23(8-12-25)24-9-13-26(14-10-24)34-27-15-19-29(20-16-27)36(33)30-21-17-28(18-22-30)35-32(4,5)6/h7-22H,1-6H3. The van der Waals surface area contributed by atoms with Gasteiger partial charge in [-0.15, -0.1) is 0 Å². The molecule has 0 bridgehead atoms. The van der Waals surface area contributed by atoms with Gasteiger partial charge in [-0.2, -0.15) is 0 Å². The number of hydrogen-bond donors (Lipinski definition) is 0. The molecule has 0 aliphatic rings. The van der Waals surface area contributed by atoms with E-state index < -0.39 is 10.8 Å². The molecule has 4 aromatic carbocycles. The van der Waals surface area contributed by atoms with E-state index in [0.29, 0.717) is 5.75 Å². The normalized spacial score (nSPS) is 12.7. The molecule has 0 aromatic heterocycles. The molecule has 36 heavy (non-hydrogen) atoms. The molecule has 1 unspecified atom stereocenters. The minimum Gasteiger partial charge on any atom is -0.488 e. The first-order valence-corrected chi connectivity index (χ1v) is 13.3. The van der Waals surface area contributed by atoms with Gasteiger partial charge in [-0.05, 0) is 104 Å². The van der Waals surface area contributed by atoms with E-state index in [1.165, 1.54) is 11.1 Å². The fourth-order valence-corrected chi connectivity index (χ4v) is 4.81. The van der Waals surface area contributed by atoms with E-state index in [0.717, 1.165) is 26.9 Å². The highest BCUT2D eigenvalue weighted by atomic mass is 32.2. The lowest BCUT2D eigenvalue weighted by molar-refractivity contribution is 0.131. The second-order valence-corrected chi connectivity index (χ2v) is 12.4. The Kier molecular flexibility index (Phi) is 7.37. The van der Waals surface area contributed by atoms with Crippen LogP contribution in [0.4, 0.5) is 0 Å². The van der Waals surface area contributed by atoms with Crippen molar-refractivity contribution in [2.24, 2.45) is 0 Å². The Morgan fingerprint density at radius 3 is 1.33 bits per heavy atom. The van der Waals surface area contributed by atoms with Crippen LogP contribution in [0, 0.1) is 0 Å². The Labute approximate surface area is 217 Å². The number of rotatable bonds is 6. The van der Waals surface area contributed by atoms with Crippen molar-refractivity contribution >= 4 is 10.8 Å². The van der Waals surface area contributed by atoms with Gasteiger partial charge in [0.15, 0.2) is 0 Å². The van der Waals surface area contributed by atoms with Crippen LogP contribution in [0.1, 0.15) is 47.1 Å². The van der Waals surface area contributed by atoms with Crippen molar-refractivity contribution in [1.29, 1.82) is 0 Å². The van der Waals surface area contributed by atoms with E-state index in [2.05, 4.69) is 57.2 Å². The summed E-state index contributed by atoms with van der Waals surface area (Å²) in [5.41, 5.74) is 3.52. The van der Waals surface area contributed by atoms with E-state index in [-0.39, 0.29) is 11.0 Å². The van der Waals surface area contributed by atoms with Crippen molar-refractivity contribution in [1.82, 2.24) is 0 Å². The molecule has 0 spiro atoms. The lowest BCUT2D eigenvalue weighted by Gasteiger charge is -2.21. The number of ether oxygens (including phenoxy) is 2. The summed E-state index contributed by atoms with van der Waals surface area (Å²) in [5, 5.41) is 0. The van der Waals surface area contributed by atoms with Gasteiger partial charge in [0.1, 0.15) is 22.8 Å². The van der Waals surface area contributed by atoms with Gasteiger partial charge in [0.2, 0.25) is 0 Å². The zero-order chi connectivity index (χ0) is 25.9. The van der Waals surface area contributed by atoms with Gasteiger partial charge >= 0.3 is 0 Å². The summed E-state index contributed by atoms with van der Waals surface area (Å²) in [6.45, 7) is 12.7. The van der Waals surface area contributed by atoms with Crippen molar-refractivity contribution in [2.45, 2.75) is 62.3 Å². The van der Waals surface area contributed by atoms with Gasteiger partial charge in [-0.3, -0.25) is 0 Å². The summed E-state index contributed by atoms with van der Waals surface area (Å²) in [7, 11) is -1.28. The summed E-state index contributed by atoms with van der Waals surface area (Å²) >= 11 is 0. The lowest BCUT2D eigenvalue weighted by atomic mass is 9.86. The summed E-state index contributed by atoms with van der Waals surface area (Å²) in [5.74, 6) is 2.22. The Balaban J connectivity index is 1.39. The molecular weight excluding hydrogens is 464 g/mol. The Morgan fingerprint density at radius 2 is 0.917 bits per heavy atom. The maximum absolute atomic E-state index is 13.0. The third-order valence-corrected chi connectivity index (χ3v) is 7.07.